The van der Waals surface area contributed by atoms with Crippen LogP contribution in [0.5, 0.6) is 11.5 Å². The van der Waals surface area contributed by atoms with Gasteiger partial charge in [-0.2, -0.15) is 4.68 Å². The Balaban J connectivity index is 1.54. The molecule has 136 valence electrons. The standard InChI is InChI=1S/C18H19N3O4S/c1-23-14-8-12-5-6-20(10-13(12)9-15(14)24-2)11-21-18(22)25-17(19-21)16-4-3-7-26-16/h3-4,7-9H,5-6,10-11H2,1-2H3. The highest BCUT2D eigenvalue weighted by atomic mass is 32.1. The van der Waals surface area contributed by atoms with Crippen LogP contribution in [0.25, 0.3) is 10.8 Å². The van der Waals surface area contributed by atoms with Crippen molar-refractivity contribution in [3.8, 4) is 22.3 Å². The number of nitrogens with zero attached hydrogens (tertiary/aromatic N) is 3. The number of ether oxygens (including phenoxy) is 2. The zero-order valence-corrected chi connectivity index (χ0v) is 15.4. The van der Waals surface area contributed by atoms with Crippen LogP contribution >= 0.6 is 11.3 Å². The lowest BCUT2D eigenvalue weighted by Gasteiger charge is -2.28. The highest BCUT2D eigenvalue weighted by molar-refractivity contribution is 7.13. The first-order valence-corrected chi connectivity index (χ1v) is 9.14. The molecule has 0 N–H and O–H groups in total. The van der Waals surface area contributed by atoms with Crippen molar-refractivity contribution in [1.29, 1.82) is 0 Å². The van der Waals surface area contributed by atoms with Gasteiger partial charge in [-0.1, -0.05) is 6.07 Å². The second-order valence-electron chi connectivity index (χ2n) is 6.07. The maximum Gasteiger partial charge on any atom is 0.438 e. The van der Waals surface area contributed by atoms with E-state index in [4.69, 9.17) is 13.9 Å². The average molecular weight is 373 g/mol. The Hall–Kier alpha value is -2.58. The molecule has 0 bridgehead atoms. The van der Waals surface area contributed by atoms with Gasteiger partial charge in [0.1, 0.15) is 6.67 Å². The molecule has 7 nitrogen and oxygen atoms in total. The zero-order valence-electron chi connectivity index (χ0n) is 14.6. The van der Waals surface area contributed by atoms with Crippen molar-refractivity contribution < 1.29 is 13.9 Å². The first-order chi connectivity index (χ1) is 12.7. The SMILES string of the molecule is COc1cc2c(cc1OC)CN(Cn1nc(-c3cccs3)oc1=O)CC2. The summed E-state index contributed by atoms with van der Waals surface area (Å²) in [5.74, 6) is 1.39. The quantitative estimate of drug-likeness (QED) is 0.685. The van der Waals surface area contributed by atoms with Crippen LogP contribution in [0.15, 0.2) is 38.9 Å². The van der Waals surface area contributed by atoms with E-state index in [0.717, 1.165) is 23.6 Å². The molecule has 1 aliphatic rings. The van der Waals surface area contributed by atoms with Crippen LogP contribution in [0.1, 0.15) is 11.1 Å². The Bertz CT molecular complexity index is 961. The largest absolute Gasteiger partial charge is 0.493 e. The number of fused-ring (bicyclic) bond motifs is 1. The number of methoxy groups -OCH3 is 2. The fourth-order valence-electron chi connectivity index (χ4n) is 3.15. The van der Waals surface area contributed by atoms with Crippen molar-refractivity contribution in [2.24, 2.45) is 0 Å². The lowest BCUT2D eigenvalue weighted by Crippen LogP contribution is -2.35. The third kappa shape index (κ3) is 3.13. The minimum absolute atomic E-state index is 0.369. The second-order valence-corrected chi connectivity index (χ2v) is 7.02. The first kappa shape index (κ1) is 16.9. The summed E-state index contributed by atoms with van der Waals surface area (Å²) in [6.07, 6.45) is 0.875. The van der Waals surface area contributed by atoms with Gasteiger partial charge in [0.25, 0.3) is 5.89 Å². The molecule has 0 unspecified atom stereocenters. The van der Waals surface area contributed by atoms with E-state index in [0.29, 0.717) is 24.9 Å². The fraction of sp³-hybridized carbons (Fsp3) is 0.333. The van der Waals surface area contributed by atoms with Gasteiger partial charge < -0.3 is 13.9 Å². The van der Waals surface area contributed by atoms with E-state index < -0.39 is 5.76 Å². The van der Waals surface area contributed by atoms with Gasteiger partial charge in [0, 0.05) is 13.1 Å². The topological polar surface area (TPSA) is 69.7 Å². The predicted octanol–water partition coefficient (Wildman–Crippen LogP) is 2.60. The molecule has 0 saturated heterocycles. The molecular formula is C18H19N3O4S. The lowest BCUT2D eigenvalue weighted by atomic mass is 9.99. The highest BCUT2D eigenvalue weighted by Crippen LogP contribution is 2.33. The summed E-state index contributed by atoms with van der Waals surface area (Å²) in [7, 11) is 3.27. The van der Waals surface area contributed by atoms with Gasteiger partial charge in [-0.15, -0.1) is 16.4 Å². The Morgan fingerprint density at radius 2 is 2.00 bits per heavy atom. The van der Waals surface area contributed by atoms with E-state index in [9.17, 15) is 4.79 Å². The molecule has 26 heavy (non-hydrogen) atoms. The molecule has 0 aliphatic carbocycles. The molecule has 4 rings (SSSR count). The van der Waals surface area contributed by atoms with Gasteiger partial charge in [0.2, 0.25) is 0 Å². The monoisotopic (exact) mass is 373 g/mol. The Morgan fingerprint density at radius 3 is 2.69 bits per heavy atom. The van der Waals surface area contributed by atoms with Crippen LogP contribution in [0.3, 0.4) is 0 Å². The summed E-state index contributed by atoms with van der Waals surface area (Å²) in [6.45, 7) is 1.93. The van der Waals surface area contributed by atoms with Crippen LogP contribution < -0.4 is 15.2 Å². The Kier molecular flexibility index (Phi) is 4.52. The third-order valence-electron chi connectivity index (χ3n) is 4.47. The molecule has 3 aromatic rings. The van der Waals surface area contributed by atoms with E-state index in [1.807, 2.05) is 29.6 Å². The van der Waals surface area contributed by atoms with Gasteiger partial charge in [-0.3, -0.25) is 4.90 Å². The van der Waals surface area contributed by atoms with Gasteiger partial charge in [0.05, 0.1) is 19.1 Å². The normalized spacial score (nSPS) is 14.2. The summed E-state index contributed by atoms with van der Waals surface area (Å²) < 4.78 is 17.4. The van der Waals surface area contributed by atoms with E-state index >= 15 is 0 Å². The lowest BCUT2D eigenvalue weighted by molar-refractivity contribution is 0.183. The molecule has 3 heterocycles. The minimum atomic E-state index is -0.438. The van der Waals surface area contributed by atoms with Crippen molar-refractivity contribution in [2.75, 3.05) is 20.8 Å². The molecular weight excluding hydrogens is 354 g/mol. The van der Waals surface area contributed by atoms with Gasteiger partial charge in [-0.05, 0) is 41.1 Å². The molecule has 0 spiro atoms. The number of thiophene rings is 1. The third-order valence-corrected chi connectivity index (χ3v) is 5.33. The van der Waals surface area contributed by atoms with E-state index in [-0.39, 0.29) is 0 Å². The van der Waals surface area contributed by atoms with Crippen molar-refractivity contribution in [3.63, 3.8) is 0 Å². The van der Waals surface area contributed by atoms with E-state index in [1.54, 1.807) is 14.2 Å². The van der Waals surface area contributed by atoms with Gasteiger partial charge in [0.15, 0.2) is 11.5 Å². The summed E-state index contributed by atoms with van der Waals surface area (Å²) in [5.41, 5.74) is 2.41. The van der Waals surface area contributed by atoms with Crippen molar-refractivity contribution >= 4 is 11.3 Å². The van der Waals surface area contributed by atoms with Crippen LogP contribution in [-0.4, -0.2) is 35.4 Å². The predicted molar refractivity (Wildman–Crippen MR) is 97.7 cm³/mol. The average Bonchev–Trinajstić information content (AvgIpc) is 3.31. The van der Waals surface area contributed by atoms with Crippen molar-refractivity contribution in [1.82, 2.24) is 14.7 Å². The van der Waals surface area contributed by atoms with E-state index in [1.165, 1.54) is 27.1 Å². The maximum absolute atomic E-state index is 12.1. The number of hydrogen-bond acceptors (Lipinski definition) is 7. The molecule has 1 aromatic carbocycles. The molecule has 1 aliphatic heterocycles. The Morgan fingerprint density at radius 1 is 1.23 bits per heavy atom. The molecule has 8 heteroatoms. The minimum Gasteiger partial charge on any atom is -0.493 e. The smallest absolute Gasteiger partial charge is 0.438 e. The summed E-state index contributed by atoms with van der Waals surface area (Å²) in [6, 6.07) is 7.82. The summed E-state index contributed by atoms with van der Waals surface area (Å²) >= 11 is 1.49. The number of hydrogen-bond donors (Lipinski definition) is 0. The molecule has 2 aromatic heterocycles. The van der Waals surface area contributed by atoms with Crippen molar-refractivity contribution in [2.45, 2.75) is 19.6 Å². The number of rotatable bonds is 5. The molecule has 0 radical (unpaired) electrons. The van der Waals surface area contributed by atoms with E-state index in [2.05, 4.69) is 10.00 Å². The molecule has 0 fully saturated rings. The first-order valence-electron chi connectivity index (χ1n) is 8.26. The van der Waals surface area contributed by atoms with Crippen LogP contribution in [0.2, 0.25) is 0 Å². The second kappa shape index (κ2) is 6.97. The van der Waals surface area contributed by atoms with Crippen LogP contribution in [0, 0.1) is 0 Å². The Labute approximate surface area is 154 Å². The zero-order chi connectivity index (χ0) is 18.1. The fourth-order valence-corrected chi connectivity index (χ4v) is 3.79. The summed E-state index contributed by atoms with van der Waals surface area (Å²) in [5, 5.41) is 6.25. The van der Waals surface area contributed by atoms with Crippen LogP contribution in [0.4, 0.5) is 0 Å². The number of aromatic nitrogens is 2. The van der Waals surface area contributed by atoms with Crippen LogP contribution in [-0.2, 0) is 19.6 Å². The highest BCUT2D eigenvalue weighted by Gasteiger charge is 2.21. The van der Waals surface area contributed by atoms with Gasteiger partial charge >= 0.3 is 5.76 Å². The molecule has 0 atom stereocenters. The molecule has 0 saturated carbocycles. The number of benzene rings is 1. The molecule has 0 amide bonds. The summed E-state index contributed by atoms with van der Waals surface area (Å²) in [4.78, 5) is 15.1. The van der Waals surface area contributed by atoms with Gasteiger partial charge in [-0.25, -0.2) is 4.79 Å². The van der Waals surface area contributed by atoms with Crippen molar-refractivity contribution in [3.05, 3.63) is 51.3 Å². The maximum atomic E-state index is 12.1.